The van der Waals surface area contributed by atoms with E-state index in [0.717, 1.165) is 11.8 Å². The van der Waals surface area contributed by atoms with E-state index in [1.54, 1.807) is 19.3 Å². The molecule has 0 saturated heterocycles. The van der Waals surface area contributed by atoms with E-state index in [0.29, 0.717) is 11.8 Å². The van der Waals surface area contributed by atoms with Gasteiger partial charge in [0.1, 0.15) is 24.0 Å². The van der Waals surface area contributed by atoms with Crippen molar-refractivity contribution in [3.63, 3.8) is 0 Å². The van der Waals surface area contributed by atoms with E-state index in [4.69, 9.17) is 0 Å². The van der Waals surface area contributed by atoms with Crippen LogP contribution in [0, 0.1) is 23.7 Å². The smallest absolute Gasteiger partial charge is 0.330 e. The van der Waals surface area contributed by atoms with Crippen LogP contribution in [0.25, 0.3) is 0 Å². The fourth-order valence-corrected chi connectivity index (χ4v) is 7.07. The van der Waals surface area contributed by atoms with Crippen LogP contribution in [0.5, 0.6) is 0 Å². The number of hydrogen-bond acceptors (Lipinski definition) is 7. The molecule has 1 atom stereocenters. The van der Waals surface area contributed by atoms with Gasteiger partial charge < -0.3 is 25.3 Å². The molecule has 2 aromatic heterocycles. The van der Waals surface area contributed by atoms with E-state index >= 15 is 0 Å². The number of pyridine rings is 1. The second kappa shape index (κ2) is 12.7. The van der Waals surface area contributed by atoms with Crippen LogP contribution in [0.3, 0.4) is 0 Å². The number of rotatable bonds is 11. The first-order valence-corrected chi connectivity index (χ1v) is 14.5. The van der Waals surface area contributed by atoms with Gasteiger partial charge in [-0.15, -0.1) is 0 Å². The molecular weight excluding hydrogens is 540 g/mol. The first-order chi connectivity index (χ1) is 20.2. The maximum absolute atomic E-state index is 13.3. The molecule has 4 fully saturated rings. The first-order valence-electron chi connectivity index (χ1n) is 14.5. The Morgan fingerprint density at radius 1 is 1.07 bits per heavy atom. The molecule has 2 aromatic rings. The maximum atomic E-state index is 13.3. The Morgan fingerprint density at radius 3 is 2.43 bits per heavy atom. The minimum Gasteiger partial charge on any atom is -0.466 e. The fourth-order valence-electron chi connectivity index (χ4n) is 7.07. The fraction of sp³-hybridized carbons (Fsp3) is 0.533. The molecular formula is C30H38N6O6. The number of nitrogens with one attached hydrogen (secondary N) is 3. The van der Waals surface area contributed by atoms with Crippen LogP contribution in [0.15, 0.2) is 47.5 Å². The number of carbonyl (C=O) groups is 4. The number of nitrogens with zero attached hydrogens (tertiary/aromatic N) is 3. The van der Waals surface area contributed by atoms with Crippen molar-refractivity contribution in [2.75, 3.05) is 12.4 Å². The van der Waals surface area contributed by atoms with Gasteiger partial charge in [0.25, 0.3) is 11.5 Å². The molecule has 3 amide bonds. The van der Waals surface area contributed by atoms with Gasteiger partial charge in [0.2, 0.25) is 11.8 Å². The van der Waals surface area contributed by atoms with E-state index in [-0.39, 0.29) is 42.7 Å². The van der Waals surface area contributed by atoms with Crippen molar-refractivity contribution in [1.29, 1.82) is 0 Å². The SMILES string of the molecule is COC(=O)/C=C/CC[C@H](NC(=O)c1ccn(C)n1)C(=O)Nc1cccn(CC(=O)NC2C3CC4CC(C3)CC2C4)c1=O. The standard InChI is InChI=1S/C30H38N6O6/c1-35-11-9-23(34-35)29(40)31-22(6-3-4-8-26(38)42-2)28(39)32-24-7-5-10-36(30(24)41)17-25(37)33-27-20-13-18-12-19(15-20)16-21(27)14-18/h4-5,7-11,18-22,27H,3,6,12-17H2,1-2H3,(H,31,40)(H,32,39)(H,33,37)/b8-4+/t18?,19?,20?,21?,22-,27?/m0/s1. The first kappa shape index (κ1) is 29.3. The highest BCUT2D eigenvalue weighted by Crippen LogP contribution is 2.53. The molecule has 12 nitrogen and oxygen atoms in total. The third-order valence-corrected chi connectivity index (χ3v) is 8.79. The van der Waals surface area contributed by atoms with Crippen LogP contribution in [0.1, 0.15) is 55.4 Å². The summed E-state index contributed by atoms with van der Waals surface area (Å²) in [5.41, 5.74) is -0.397. The largest absolute Gasteiger partial charge is 0.466 e. The lowest BCUT2D eigenvalue weighted by molar-refractivity contribution is -0.134. The van der Waals surface area contributed by atoms with Crippen molar-refractivity contribution >= 4 is 29.4 Å². The number of methoxy groups -OCH3 is 1. The molecule has 4 aliphatic carbocycles. The Labute approximate surface area is 243 Å². The summed E-state index contributed by atoms with van der Waals surface area (Å²) in [4.78, 5) is 63.6. The molecule has 6 rings (SSSR count). The predicted molar refractivity (Wildman–Crippen MR) is 153 cm³/mol. The molecule has 0 spiro atoms. The van der Waals surface area contributed by atoms with Crippen molar-refractivity contribution in [3.8, 4) is 0 Å². The molecule has 4 aliphatic rings. The lowest BCUT2D eigenvalue weighted by Gasteiger charge is -2.54. The molecule has 0 radical (unpaired) electrons. The van der Waals surface area contributed by atoms with Gasteiger partial charge in [-0.1, -0.05) is 6.08 Å². The zero-order valence-corrected chi connectivity index (χ0v) is 24.0. The van der Waals surface area contributed by atoms with E-state index in [1.165, 1.54) is 78.9 Å². The number of aromatic nitrogens is 3. The zero-order valence-electron chi connectivity index (χ0n) is 24.0. The lowest BCUT2D eigenvalue weighted by Crippen LogP contribution is -2.56. The molecule has 4 saturated carbocycles. The summed E-state index contributed by atoms with van der Waals surface area (Å²) in [5.74, 6) is 0.719. The van der Waals surface area contributed by atoms with Crippen molar-refractivity contribution in [1.82, 2.24) is 25.0 Å². The summed E-state index contributed by atoms with van der Waals surface area (Å²) in [6.45, 7) is -0.149. The molecule has 42 heavy (non-hydrogen) atoms. The number of hydrogen-bond donors (Lipinski definition) is 3. The van der Waals surface area contributed by atoms with Crippen LogP contribution in [-0.2, 0) is 32.7 Å². The monoisotopic (exact) mass is 578 g/mol. The Hall–Kier alpha value is -4.22. The molecule has 0 unspecified atom stereocenters. The van der Waals surface area contributed by atoms with E-state index in [2.05, 4.69) is 25.8 Å². The third-order valence-electron chi connectivity index (χ3n) is 8.79. The van der Waals surface area contributed by atoms with Crippen molar-refractivity contribution < 1.29 is 23.9 Å². The molecule has 0 aromatic carbocycles. The lowest BCUT2D eigenvalue weighted by atomic mass is 9.54. The van der Waals surface area contributed by atoms with Crippen LogP contribution < -0.4 is 21.5 Å². The van der Waals surface area contributed by atoms with Crippen molar-refractivity contribution in [3.05, 3.63) is 58.8 Å². The Kier molecular flexibility index (Phi) is 8.89. The topological polar surface area (TPSA) is 153 Å². The van der Waals surface area contributed by atoms with Crippen LogP contribution in [-0.4, -0.2) is 57.2 Å². The van der Waals surface area contributed by atoms with Gasteiger partial charge in [-0.3, -0.25) is 23.9 Å². The number of aryl methyl sites for hydroxylation is 1. The number of anilines is 1. The third kappa shape index (κ3) is 6.80. The second-order valence-corrected chi connectivity index (χ2v) is 11.8. The Morgan fingerprint density at radius 2 is 1.79 bits per heavy atom. The molecule has 4 bridgehead atoms. The van der Waals surface area contributed by atoms with Crippen LogP contribution in [0.4, 0.5) is 5.69 Å². The highest BCUT2D eigenvalue weighted by molar-refractivity contribution is 6.00. The van der Waals surface area contributed by atoms with Crippen molar-refractivity contribution in [2.45, 2.75) is 63.6 Å². The van der Waals surface area contributed by atoms with E-state index in [1.807, 2.05) is 0 Å². The molecule has 2 heterocycles. The van der Waals surface area contributed by atoms with Gasteiger partial charge >= 0.3 is 5.97 Å². The summed E-state index contributed by atoms with van der Waals surface area (Å²) in [7, 11) is 2.93. The quantitative estimate of drug-likeness (QED) is 0.271. The maximum Gasteiger partial charge on any atom is 0.330 e. The van der Waals surface area contributed by atoms with Gasteiger partial charge in [-0.2, -0.15) is 5.10 Å². The van der Waals surface area contributed by atoms with Crippen molar-refractivity contribution in [2.24, 2.45) is 30.7 Å². The normalized spacial score (nSPS) is 24.8. The highest BCUT2D eigenvalue weighted by Gasteiger charge is 2.48. The van der Waals surface area contributed by atoms with Gasteiger partial charge in [0, 0.05) is 31.6 Å². The number of ether oxygens (including phenoxy) is 1. The molecule has 12 heteroatoms. The number of amides is 3. The number of allylic oxidation sites excluding steroid dienone is 1. The molecule has 0 aliphatic heterocycles. The minimum absolute atomic E-state index is 0.00730. The van der Waals surface area contributed by atoms with E-state index < -0.39 is 29.4 Å². The average Bonchev–Trinajstić information content (AvgIpc) is 3.40. The van der Waals surface area contributed by atoms with Gasteiger partial charge in [0.15, 0.2) is 0 Å². The average molecular weight is 579 g/mol. The highest BCUT2D eigenvalue weighted by atomic mass is 16.5. The van der Waals surface area contributed by atoms with Crippen LogP contribution >= 0.6 is 0 Å². The predicted octanol–water partition coefficient (Wildman–Crippen LogP) is 1.77. The Balaban J connectivity index is 1.23. The van der Waals surface area contributed by atoms with Gasteiger partial charge in [0.05, 0.1) is 7.11 Å². The molecule has 224 valence electrons. The second-order valence-electron chi connectivity index (χ2n) is 11.8. The molecule has 3 N–H and O–H groups in total. The number of carbonyl (C=O) groups excluding carboxylic acids is 4. The van der Waals surface area contributed by atoms with E-state index in [9.17, 15) is 24.0 Å². The number of esters is 1. The Bertz CT molecular complexity index is 1400. The van der Waals surface area contributed by atoms with Gasteiger partial charge in [-0.05, 0) is 86.8 Å². The van der Waals surface area contributed by atoms with Crippen LogP contribution in [0.2, 0.25) is 0 Å². The summed E-state index contributed by atoms with van der Waals surface area (Å²) < 4.78 is 7.32. The summed E-state index contributed by atoms with van der Waals surface area (Å²) in [6, 6.07) is 3.70. The summed E-state index contributed by atoms with van der Waals surface area (Å²) in [5, 5.41) is 12.5. The zero-order chi connectivity index (χ0) is 29.8. The summed E-state index contributed by atoms with van der Waals surface area (Å²) >= 11 is 0. The minimum atomic E-state index is -1.03. The summed E-state index contributed by atoms with van der Waals surface area (Å²) in [6.07, 6.45) is 12.4. The van der Waals surface area contributed by atoms with Gasteiger partial charge in [-0.25, -0.2) is 4.79 Å².